The number of imide groups is 1. The van der Waals surface area contributed by atoms with E-state index in [0.29, 0.717) is 28.6 Å². The minimum atomic E-state index is -0.664. The molecule has 2 aromatic rings. The third kappa shape index (κ3) is 2.03. The van der Waals surface area contributed by atoms with Gasteiger partial charge >= 0.3 is 0 Å². The van der Waals surface area contributed by atoms with E-state index in [9.17, 15) is 9.59 Å². The first-order valence-electron chi connectivity index (χ1n) is 7.15. The van der Waals surface area contributed by atoms with Gasteiger partial charge in [-0.1, -0.05) is 23.9 Å². The predicted octanol–water partition coefficient (Wildman–Crippen LogP) is 2.06. The van der Waals surface area contributed by atoms with E-state index in [1.165, 1.54) is 16.7 Å². The van der Waals surface area contributed by atoms with Crippen molar-refractivity contribution >= 4 is 23.6 Å². The lowest BCUT2D eigenvalue weighted by Gasteiger charge is -2.20. The summed E-state index contributed by atoms with van der Waals surface area (Å²) in [6.07, 6.45) is 1.64. The quantitative estimate of drug-likeness (QED) is 0.478. The van der Waals surface area contributed by atoms with Crippen LogP contribution in [-0.4, -0.2) is 39.2 Å². The number of rotatable bonds is 2. The van der Waals surface area contributed by atoms with E-state index in [0.717, 1.165) is 11.3 Å². The Morgan fingerprint density at radius 3 is 2.43 bits per heavy atom. The Labute approximate surface area is 136 Å². The molecule has 0 saturated heterocycles. The summed E-state index contributed by atoms with van der Waals surface area (Å²) >= 11 is 1.42. The number of ether oxygens (including phenoxy) is 1. The molecule has 0 spiro atoms. The number of nitrogens with zero attached hydrogens (tertiary/aromatic N) is 3. The van der Waals surface area contributed by atoms with E-state index >= 15 is 0 Å². The third-order valence-corrected chi connectivity index (χ3v) is 4.63. The fourth-order valence-electron chi connectivity index (χ4n) is 2.93. The molecule has 6 nitrogen and oxygen atoms in total. The van der Waals surface area contributed by atoms with Crippen molar-refractivity contribution in [3.8, 4) is 5.88 Å². The molecule has 2 amide bonds. The van der Waals surface area contributed by atoms with Crippen LogP contribution in [0.15, 0.2) is 29.4 Å². The Morgan fingerprint density at radius 2 is 1.83 bits per heavy atom. The first-order valence-corrected chi connectivity index (χ1v) is 8.37. The summed E-state index contributed by atoms with van der Waals surface area (Å²) in [5.74, 6) is -0.179. The maximum atomic E-state index is 12.5. The van der Waals surface area contributed by atoms with Crippen LogP contribution in [0.3, 0.4) is 0 Å². The monoisotopic (exact) mass is 327 g/mol. The largest absolute Gasteiger partial charge is 0.452 e. The van der Waals surface area contributed by atoms with Gasteiger partial charge in [0.15, 0.2) is 11.4 Å². The molecule has 1 aromatic carbocycles. The van der Waals surface area contributed by atoms with Gasteiger partial charge in [-0.3, -0.25) is 9.59 Å². The summed E-state index contributed by atoms with van der Waals surface area (Å²) in [7, 11) is 0. The topological polar surface area (TPSA) is 72.4 Å². The lowest BCUT2D eigenvalue weighted by molar-refractivity contribution is 0.0297. The van der Waals surface area contributed by atoms with Gasteiger partial charge in [-0.2, -0.15) is 4.98 Å². The standard InChI is InChI=1S/C16H13N3O3S/c1-8-11-7-12(22-13(11)18-16(17-8)23-2)19-14(20)9-5-3-4-6-10(9)15(19)21/h3-6,12H,7H2,1-2H3/t12-/m1/s1. The van der Waals surface area contributed by atoms with Crippen LogP contribution in [0.25, 0.3) is 0 Å². The van der Waals surface area contributed by atoms with E-state index in [4.69, 9.17) is 4.74 Å². The molecule has 23 heavy (non-hydrogen) atoms. The Morgan fingerprint density at radius 1 is 1.17 bits per heavy atom. The van der Waals surface area contributed by atoms with Crippen LogP contribution in [0.2, 0.25) is 0 Å². The van der Waals surface area contributed by atoms with Crippen LogP contribution in [0.4, 0.5) is 0 Å². The van der Waals surface area contributed by atoms with Gasteiger partial charge in [-0.05, 0) is 25.3 Å². The molecular formula is C16H13N3O3S. The zero-order valence-electron chi connectivity index (χ0n) is 12.6. The molecule has 0 aliphatic carbocycles. The number of hydrogen-bond donors (Lipinski definition) is 0. The molecule has 2 aliphatic rings. The zero-order valence-corrected chi connectivity index (χ0v) is 13.4. The number of carbonyl (C=O) groups is 2. The second-order valence-corrected chi connectivity index (χ2v) is 6.16. The minimum absolute atomic E-state index is 0.320. The van der Waals surface area contributed by atoms with E-state index in [2.05, 4.69) is 9.97 Å². The molecule has 1 atom stereocenters. The number of aryl methyl sites for hydroxylation is 1. The van der Waals surface area contributed by atoms with Gasteiger partial charge in [0.25, 0.3) is 11.8 Å². The van der Waals surface area contributed by atoms with Crippen molar-refractivity contribution in [3.05, 3.63) is 46.6 Å². The number of fused-ring (bicyclic) bond motifs is 2. The van der Waals surface area contributed by atoms with Crippen molar-refractivity contribution in [2.45, 2.75) is 24.7 Å². The number of carbonyl (C=O) groups excluding carboxylic acids is 2. The molecule has 116 valence electrons. The van der Waals surface area contributed by atoms with Gasteiger partial charge in [0.2, 0.25) is 5.88 Å². The average molecular weight is 327 g/mol. The van der Waals surface area contributed by atoms with Crippen LogP contribution < -0.4 is 4.74 Å². The van der Waals surface area contributed by atoms with Crippen LogP contribution in [0, 0.1) is 6.92 Å². The Kier molecular flexibility index (Phi) is 3.12. The maximum Gasteiger partial charge on any atom is 0.264 e. The smallest absolute Gasteiger partial charge is 0.264 e. The fourth-order valence-corrected chi connectivity index (χ4v) is 3.33. The molecule has 0 radical (unpaired) electrons. The Hall–Kier alpha value is -2.41. The lowest BCUT2D eigenvalue weighted by atomic mass is 10.1. The highest BCUT2D eigenvalue weighted by Crippen LogP contribution is 2.34. The Balaban J connectivity index is 1.68. The summed E-state index contributed by atoms with van der Waals surface area (Å²) in [6, 6.07) is 6.82. The average Bonchev–Trinajstić information content (AvgIpc) is 3.08. The highest BCUT2D eigenvalue weighted by Gasteiger charge is 2.44. The van der Waals surface area contributed by atoms with Crippen molar-refractivity contribution in [2.75, 3.05) is 6.26 Å². The number of thioether (sulfide) groups is 1. The van der Waals surface area contributed by atoms with E-state index in [1.807, 2.05) is 13.2 Å². The van der Waals surface area contributed by atoms with Gasteiger partial charge < -0.3 is 4.74 Å². The summed E-state index contributed by atoms with van der Waals surface area (Å²) in [6.45, 7) is 1.88. The van der Waals surface area contributed by atoms with Crippen LogP contribution >= 0.6 is 11.8 Å². The Bertz CT molecular complexity index is 817. The number of amides is 2. The van der Waals surface area contributed by atoms with E-state index in [-0.39, 0.29) is 11.8 Å². The first kappa shape index (κ1) is 14.2. The first-order chi connectivity index (χ1) is 11.1. The van der Waals surface area contributed by atoms with Gasteiger partial charge in [0, 0.05) is 17.7 Å². The minimum Gasteiger partial charge on any atom is -0.452 e. The van der Waals surface area contributed by atoms with Crippen molar-refractivity contribution in [1.29, 1.82) is 0 Å². The SMILES string of the molecule is CSc1nc(C)c2c(n1)O[C@@H](N1C(=O)c3ccccc3C1=O)C2. The van der Waals surface area contributed by atoms with Crippen LogP contribution in [0.5, 0.6) is 5.88 Å². The molecular weight excluding hydrogens is 314 g/mol. The normalized spacial score (nSPS) is 18.9. The van der Waals surface area contributed by atoms with Gasteiger partial charge in [0.05, 0.1) is 11.1 Å². The number of hydrogen-bond acceptors (Lipinski definition) is 6. The molecule has 7 heteroatoms. The summed E-state index contributed by atoms with van der Waals surface area (Å²) < 4.78 is 5.81. The number of aromatic nitrogens is 2. The van der Waals surface area contributed by atoms with E-state index < -0.39 is 6.23 Å². The van der Waals surface area contributed by atoms with Crippen molar-refractivity contribution in [1.82, 2.24) is 14.9 Å². The van der Waals surface area contributed by atoms with Gasteiger partial charge in [-0.25, -0.2) is 9.88 Å². The van der Waals surface area contributed by atoms with Crippen molar-refractivity contribution in [3.63, 3.8) is 0 Å². The highest BCUT2D eigenvalue weighted by atomic mass is 32.2. The predicted molar refractivity (Wildman–Crippen MR) is 83.6 cm³/mol. The maximum absolute atomic E-state index is 12.5. The molecule has 0 saturated carbocycles. The molecule has 2 aliphatic heterocycles. The summed E-state index contributed by atoms with van der Waals surface area (Å²) in [4.78, 5) is 35.0. The second-order valence-electron chi connectivity index (χ2n) is 5.38. The molecule has 0 bridgehead atoms. The summed E-state index contributed by atoms with van der Waals surface area (Å²) in [5.41, 5.74) is 2.51. The second kappa shape index (κ2) is 5.06. The molecule has 0 unspecified atom stereocenters. The molecule has 3 heterocycles. The molecule has 0 fully saturated rings. The molecule has 4 rings (SSSR count). The molecule has 0 N–H and O–H groups in total. The van der Waals surface area contributed by atoms with E-state index in [1.54, 1.807) is 24.3 Å². The number of benzene rings is 1. The summed E-state index contributed by atoms with van der Waals surface area (Å²) in [5, 5.41) is 0.615. The van der Waals surface area contributed by atoms with Crippen LogP contribution in [-0.2, 0) is 6.42 Å². The highest BCUT2D eigenvalue weighted by molar-refractivity contribution is 7.98. The van der Waals surface area contributed by atoms with Crippen molar-refractivity contribution in [2.24, 2.45) is 0 Å². The fraction of sp³-hybridized carbons (Fsp3) is 0.250. The van der Waals surface area contributed by atoms with Crippen molar-refractivity contribution < 1.29 is 14.3 Å². The lowest BCUT2D eigenvalue weighted by Crippen LogP contribution is -2.42. The third-order valence-electron chi connectivity index (χ3n) is 4.08. The zero-order chi connectivity index (χ0) is 16.1. The molecule has 1 aromatic heterocycles. The van der Waals surface area contributed by atoms with Gasteiger partial charge in [0.1, 0.15) is 0 Å². The van der Waals surface area contributed by atoms with Crippen LogP contribution in [0.1, 0.15) is 32.0 Å². The van der Waals surface area contributed by atoms with Gasteiger partial charge in [-0.15, -0.1) is 0 Å².